The van der Waals surface area contributed by atoms with Gasteiger partial charge < -0.3 is 5.32 Å². The van der Waals surface area contributed by atoms with Crippen molar-refractivity contribution in [3.05, 3.63) is 29.8 Å². The Hall–Kier alpha value is -0.720. The number of sulfone groups is 1. The van der Waals surface area contributed by atoms with Gasteiger partial charge in [0.1, 0.15) is 0 Å². The van der Waals surface area contributed by atoms with Gasteiger partial charge in [-0.25, -0.2) is 8.42 Å². The van der Waals surface area contributed by atoms with Crippen LogP contribution < -0.4 is 5.32 Å². The van der Waals surface area contributed by atoms with Crippen molar-refractivity contribution in [1.29, 1.82) is 0 Å². The molecule has 20 heavy (non-hydrogen) atoms. The molecule has 0 radical (unpaired) electrons. The molecule has 1 atom stereocenters. The molecule has 2 heterocycles. The van der Waals surface area contributed by atoms with E-state index in [1.54, 1.807) is 12.1 Å². The van der Waals surface area contributed by atoms with Crippen LogP contribution in [-0.2, 0) is 20.6 Å². The van der Waals surface area contributed by atoms with E-state index in [1.165, 1.54) is 0 Å². The van der Waals surface area contributed by atoms with Crippen molar-refractivity contribution in [2.45, 2.75) is 36.2 Å². The van der Waals surface area contributed by atoms with Gasteiger partial charge >= 0.3 is 0 Å². The Morgan fingerprint density at radius 3 is 2.55 bits per heavy atom. The standard InChI is InChI=1S/C14H19NO3S2/c16-19-8-5-11(6-9-19)15-13-7-10-20(17,18)14-4-2-1-3-12(13)14/h1-4,11,13,15H,5-10H2. The second-order valence-corrected chi connectivity index (χ2v) is 9.26. The number of rotatable bonds is 2. The van der Waals surface area contributed by atoms with Crippen LogP contribution in [0.15, 0.2) is 29.2 Å². The van der Waals surface area contributed by atoms with Gasteiger partial charge in [-0.15, -0.1) is 0 Å². The molecule has 1 aromatic carbocycles. The van der Waals surface area contributed by atoms with E-state index in [-0.39, 0.29) is 11.8 Å². The van der Waals surface area contributed by atoms with E-state index in [9.17, 15) is 12.6 Å². The van der Waals surface area contributed by atoms with Crippen LogP contribution in [0.3, 0.4) is 0 Å². The first kappa shape index (κ1) is 14.2. The molecule has 0 amide bonds. The molecule has 0 aliphatic carbocycles. The van der Waals surface area contributed by atoms with Gasteiger partial charge in [0.05, 0.1) is 10.6 Å². The summed E-state index contributed by atoms with van der Waals surface area (Å²) in [6.07, 6.45) is 2.45. The number of hydrogen-bond acceptors (Lipinski definition) is 4. The lowest BCUT2D eigenvalue weighted by molar-refractivity contribution is 0.394. The topological polar surface area (TPSA) is 63.2 Å². The zero-order valence-electron chi connectivity index (χ0n) is 11.2. The average Bonchev–Trinajstić information content (AvgIpc) is 2.45. The zero-order valence-corrected chi connectivity index (χ0v) is 12.9. The summed E-state index contributed by atoms with van der Waals surface area (Å²) in [5.74, 6) is 1.72. The Balaban J connectivity index is 1.80. The molecule has 1 aromatic rings. The van der Waals surface area contributed by atoms with Gasteiger partial charge in [0, 0.05) is 34.4 Å². The maximum absolute atomic E-state index is 12.1. The van der Waals surface area contributed by atoms with Crippen molar-refractivity contribution in [2.24, 2.45) is 0 Å². The number of nitrogens with one attached hydrogen (secondary N) is 1. The molecule has 1 unspecified atom stereocenters. The summed E-state index contributed by atoms with van der Waals surface area (Å²) >= 11 is 0. The van der Waals surface area contributed by atoms with Crippen LogP contribution in [0.2, 0.25) is 0 Å². The fourth-order valence-corrected chi connectivity index (χ4v) is 5.93. The Bertz CT molecular complexity index is 617. The van der Waals surface area contributed by atoms with Crippen molar-refractivity contribution >= 4 is 20.6 Å². The van der Waals surface area contributed by atoms with Crippen LogP contribution >= 0.6 is 0 Å². The number of hydrogen-bond donors (Lipinski definition) is 1. The normalized spacial score (nSPS) is 32.5. The molecule has 2 aliphatic heterocycles. The van der Waals surface area contributed by atoms with Gasteiger partial charge in [0.15, 0.2) is 9.84 Å². The highest BCUT2D eigenvalue weighted by molar-refractivity contribution is 7.91. The van der Waals surface area contributed by atoms with Crippen LogP contribution in [0.5, 0.6) is 0 Å². The number of fused-ring (bicyclic) bond motifs is 1. The van der Waals surface area contributed by atoms with Crippen LogP contribution in [-0.4, -0.2) is 35.9 Å². The van der Waals surface area contributed by atoms with Crippen molar-refractivity contribution in [3.8, 4) is 0 Å². The molecular formula is C14H19NO3S2. The van der Waals surface area contributed by atoms with Gasteiger partial charge in [-0.05, 0) is 30.9 Å². The van der Waals surface area contributed by atoms with Gasteiger partial charge in [-0.2, -0.15) is 0 Å². The molecule has 4 nitrogen and oxygen atoms in total. The molecule has 0 saturated carbocycles. The van der Waals surface area contributed by atoms with E-state index in [1.807, 2.05) is 12.1 Å². The van der Waals surface area contributed by atoms with Crippen LogP contribution in [0.25, 0.3) is 0 Å². The summed E-state index contributed by atoms with van der Waals surface area (Å²) in [5, 5.41) is 3.57. The van der Waals surface area contributed by atoms with Gasteiger partial charge in [-0.1, -0.05) is 18.2 Å². The van der Waals surface area contributed by atoms with Crippen molar-refractivity contribution in [3.63, 3.8) is 0 Å². The van der Waals surface area contributed by atoms with E-state index in [0.717, 1.165) is 29.9 Å². The SMILES string of the molecule is O=S1CCC(NC2CCS(=O)(=O)c3ccccc32)CC1. The summed E-state index contributed by atoms with van der Waals surface area (Å²) in [6, 6.07) is 7.74. The lowest BCUT2D eigenvalue weighted by Gasteiger charge is -2.32. The maximum atomic E-state index is 12.1. The van der Waals surface area contributed by atoms with Gasteiger partial charge in [0.25, 0.3) is 0 Å². The lowest BCUT2D eigenvalue weighted by atomic mass is 10.0. The molecule has 110 valence electrons. The highest BCUT2D eigenvalue weighted by Gasteiger charge is 2.31. The van der Waals surface area contributed by atoms with Crippen LogP contribution in [0.4, 0.5) is 0 Å². The predicted molar refractivity (Wildman–Crippen MR) is 79.9 cm³/mol. The van der Waals surface area contributed by atoms with E-state index in [0.29, 0.717) is 17.4 Å². The summed E-state index contributed by atoms with van der Waals surface area (Å²) in [7, 11) is -3.77. The highest BCUT2D eigenvalue weighted by atomic mass is 32.2. The molecule has 1 N–H and O–H groups in total. The first-order valence-corrected chi connectivity index (χ1v) is 10.1. The Labute approximate surface area is 122 Å². The van der Waals surface area contributed by atoms with Crippen molar-refractivity contribution in [1.82, 2.24) is 5.32 Å². The predicted octanol–water partition coefficient (Wildman–Crippen LogP) is 1.41. The second-order valence-electron chi connectivity index (χ2n) is 5.49. The van der Waals surface area contributed by atoms with E-state index >= 15 is 0 Å². The summed E-state index contributed by atoms with van der Waals surface area (Å²) < 4.78 is 35.6. The molecular weight excluding hydrogens is 294 g/mol. The summed E-state index contributed by atoms with van der Waals surface area (Å²) in [4.78, 5) is 0.475. The smallest absolute Gasteiger partial charge is 0.178 e. The molecule has 3 rings (SSSR count). The first-order chi connectivity index (χ1) is 9.56. The van der Waals surface area contributed by atoms with Crippen LogP contribution in [0, 0.1) is 0 Å². The van der Waals surface area contributed by atoms with Gasteiger partial charge in [0.2, 0.25) is 0 Å². The average molecular weight is 313 g/mol. The number of benzene rings is 1. The largest absolute Gasteiger partial charge is 0.307 e. The van der Waals surface area contributed by atoms with Crippen LogP contribution in [0.1, 0.15) is 30.9 Å². The molecule has 1 saturated heterocycles. The van der Waals surface area contributed by atoms with Crippen molar-refractivity contribution in [2.75, 3.05) is 17.3 Å². The second kappa shape index (κ2) is 5.58. The summed E-state index contributed by atoms with van der Waals surface area (Å²) in [5.41, 5.74) is 0.894. The first-order valence-electron chi connectivity index (χ1n) is 6.99. The molecule has 0 aromatic heterocycles. The van der Waals surface area contributed by atoms with E-state index in [2.05, 4.69) is 5.32 Å². The zero-order chi connectivity index (χ0) is 14.2. The highest BCUT2D eigenvalue weighted by Crippen LogP contribution is 2.32. The van der Waals surface area contributed by atoms with Gasteiger partial charge in [-0.3, -0.25) is 4.21 Å². The van der Waals surface area contributed by atoms with E-state index < -0.39 is 20.6 Å². The van der Waals surface area contributed by atoms with E-state index in [4.69, 9.17) is 0 Å². The minimum absolute atomic E-state index is 0.103. The Kier molecular flexibility index (Phi) is 3.97. The van der Waals surface area contributed by atoms with Crippen molar-refractivity contribution < 1.29 is 12.6 Å². The quantitative estimate of drug-likeness (QED) is 0.896. The third-order valence-corrected chi connectivity index (χ3v) is 7.33. The third-order valence-electron chi connectivity index (χ3n) is 4.13. The Morgan fingerprint density at radius 1 is 1.10 bits per heavy atom. The minimum atomic E-state index is -3.11. The molecule has 0 bridgehead atoms. The summed E-state index contributed by atoms with van der Waals surface area (Å²) in [6.45, 7) is 0. The molecule has 2 aliphatic rings. The molecule has 6 heteroatoms. The Morgan fingerprint density at radius 2 is 1.80 bits per heavy atom. The third kappa shape index (κ3) is 2.82. The minimum Gasteiger partial charge on any atom is -0.307 e. The molecule has 1 fully saturated rings. The molecule has 0 spiro atoms. The fraction of sp³-hybridized carbons (Fsp3) is 0.571. The fourth-order valence-electron chi connectivity index (χ4n) is 3.01. The maximum Gasteiger partial charge on any atom is 0.178 e. The monoisotopic (exact) mass is 313 g/mol. The lowest BCUT2D eigenvalue weighted by Crippen LogP contribution is -2.40.